The third kappa shape index (κ3) is 1.73. The van der Waals surface area contributed by atoms with Crippen LogP contribution in [0.4, 0.5) is 0 Å². The van der Waals surface area contributed by atoms with Gasteiger partial charge in [-0.3, -0.25) is 0 Å². The molecular weight excluding hydrogens is 148 g/mol. The fourth-order valence-electron chi connectivity index (χ4n) is 0.612. The molecule has 0 aliphatic rings. The maximum absolute atomic E-state index is 2.32. The van der Waals surface area contributed by atoms with Crippen LogP contribution in [0.3, 0.4) is 0 Å². The van der Waals surface area contributed by atoms with Gasteiger partial charge in [-0.15, -0.1) is 11.3 Å². The van der Waals surface area contributed by atoms with Crippen LogP contribution in [0.5, 0.6) is 0 Å². The molecule has 1 rings (SSSR count). The van der Waals surface area contributed by atoms with E-state index in [4.69, 9.17) is 0 Å². The van der Waals surface area contributed by atoms with E-state index in [1.165, 1.54) is 0 Å². The molecule has 0 aliphatic heterocycles. The van der Waals surface area contributed by atoms with Crippen molar-refractivity contribution in [1.29, 1.82) is 0 Å². The second-order valence-electron chi connectivity index (χ2n) is 2.77. The minimum atomic E-state index is -0.441. The van der Waals surface area contributed by atoms with E-state index in [9.17, 15) is 0 Å². The van der Waals surface area contributed by atoms with Crippen LogP contribution in [0, 0.1) is 0 Å². The Hall–Kier alpha value is 0.0500. The molecule has 0 bridgehead atoms. The van der Waals surface area contributed by atoms with Crippen molar-refractivity contribution in [1.82, 2.24) is 0 Å². The first-order valence-electron chi connectivity index (χ1n) is 2.82. The molecule has 1 heterocycles. The highest BCUT2D eigenvalue weighted by atomic mass is 32.3. The van der Waals surface area contributed by atoms with Gasteiger partial charge in [-0.2, -0.15) is 0 Å². The highest BCUT2D eigenvalue weighted by molar-refractivity contribution is 8.33. The van der Waals surface area contributed by atoms with Crippen LogP contribution in [0.25, 0.3) is 0 Å². The highest BCUT2D eigenvalue weighted by Crippen LogP contribution is 2.47. The lowest BCUT2D eigenvalue weighted by Gasteiger charge is -2.22. The summed E-state index contributed by atoms with van der Waals surface area (Å²) in [5.74, 6) is 0. The van der Waals surface area contributed by atoms with Crippen LogP contribution >= 0.6 is 21.4 Å². The van der Waals surface area contributed by atoms with Crippen molar-refractivity contribution in [2.75, 3.05) is 18.8 Å². The van der Waals surface area contributed by atoms with Gasteiger partial charge in [0.15, 0.2) is 0 Å². The topological polar surface area (TPSA) is 0 Å². The Morgan fingerprint density at radius 1 is 1.33 bits per heavy atom. The molecule has 0 nitrogen and oxygen atoms in total. The Morgan fingerprint density at radius 3 is 2.22 bits per heavy atom. The molecule has 0 radical (unpaired) electrons. The summed E-state index contributed by atoms with van der Waals surface area (Å²) in [5, 5.41) is 2.15. The van der Waals surface area contributed by atoms with Crippen LogP contribution in [0.2, 0.25) is 0 Å². The molecule has 0 aliphatic carbocycles. The molecular formula is C7H12S2. The molecule has 0 amide bonds. The number of thiophene rings is 1. The summed E-state index contributed by atoms with van der Waals surface area (Å²) < 4.78 is 1.54. The molecule has 0 atom stereocenters. The number of hydrogen-bond donors (Lipinski definition) is 0. The molecule has 0 N–H and O–H groups in total. The number of hydrogen-bond acceptors (Lipinski definition) is 1. The van der Waals surface area contributed by atoms with E-state index < -0.39 is 10.0 Å². The molecule has 52 valence electrons. The average molecular weight is 160 g/mol. The van der Waals surface area contributed by atoms with Gasteiger partial charge in [0, 0.05) is 4.21 Å². The SMILES string of the molecule is CS(C)(C)c1cccs1. The standard InChI is InChI=1S/C7H12S2/c1-9(2,3)7-5-4-6-8-7/h4-6H,1-3H3. The van der Waals surface area contributed by atoms with Gasteiger partial charge in [0.2, 0.25) is 0 Å². The minimum Gasteiger partial charge on any atom is -0.214 e. The van der Waals surface area contributed by atoms with Crippen LogP contribution in [-0.4, -0.2) is 18.8 Å². The smallest absolute Gasteiger partial charge is 0.0422 e. The predicted molar refractivity (Wildman–Crippen MR) is 47.9 cm³/mol. The normalized spacial score (nSPS) is 13.7. The van der Waals surface area contributed by atoms with Crippen LogP contribution < -0.4 is 0 Å². The van der Waals surface area contributed by atoms with Gasteiger partial charge in [0.1, 0.15) is 0 Å². The Morgan fingerprint density at radius 2 is 2.00 bits per heavy atom. The third-order valence-corrected chi connectivity index (χ3v) is 4.89. The summed E-state index contributed by atoms with van der Waals surface area (Å²) in [4.78, 5) is 0. The summed E-state index contributed by atoms with van der Waals surface area (Å²) in [6, 6.07) is 4.35. The zero-order valence-electron chi connectivity index (χ0n) is 6.05. The molecule has 0 fully saturated rings. The van der Waals surface area contributed by atoms with Crippen molar-refractivity contribution in [3.63, 3.8) is 0 Å². The maximum atomic E-state index is 2.32. The summed E-state index contributed by atoms with van der Waals surface area (Å²) in [6.07, 6.45) is 6.95. The molecule has 0 saturated carbocycles. The van der Waals surface area contributed by atoms with Crippen LogP contribution in [-0.2, 0) is 0 Å². The minimum absolute atomic E-state index is 0.441. The van der Waals surface area contributed by atoms with E-state index in [2.05, 4.69) is 36.3 Å². The summed E-state index contributed by atoms with van der Waals surface area (Å²) in [5.41, 5.74) is 0. The summed E-state index contributed by atoms with van der Waals surface area (Å²) in [7, 11) is -0.441. The lowest BCUT2D eigenvalue weighted by molar-refractivity contribution is 1.68. The lowest BCUT2D eigenvalue weighted by atomic mass is 10.7. The lowest BCUT2D eigenvalue weighted by Crippen LogP contribution is -1.87. The first-order valence-corrected chi connectivity index (χ1v) is 6.56. The van der Waals surface area contributed by atoms with Gasteiger partial charge in [-0.1, -0.05) is 6.07 Å². The van der Waals surface area contributed by atoms with Crippen LogP contribution in [0.1, 0.15) is 0 Å². The third-order valence-electron chi connectivity index (χ3n) is 1.10. The number of rotatable bonds is 1. The summed E-state index contributed by atoms with van der Waals surface area (Å²) in [6.45, 7) is 0. The molecule has 0 aromatic carbocycles. The highest BCUT2D eigenvalue weighted by Gasteiger charge is 2.06. The Kier molecular flexibility index (Phi) is 1.87. The summed E-state index contributed by atoms with van der Waals surface area (Å²) >= 11 is 1.87. The fourth-order valence-corrected chi connectivity index (χ4v) is 2.87. The molecule has 1 aromatic heterocycles. The maximum Gasteiger partial charge on any atom is 0.0422 e. The zero-order chi connectivity index (χ0) is 6.91. The van der Waals surface area contributed by atoms with Crippen molar-refractivity contribution < 1.29 is 0 Å². The van der Waals surface area contributed by atoms with Gasteiger partial charge in [0.05, 0.1) is 0 Å². The van der Waals surface area contributed by atoms with Crippen molar-refractivity contribution in [3.05, 3.63) is 17.5 Å². The van der Waals surface area contributed by atoms with Crippen molar-refractivity contribution >= 4 is 21.4 Å². The zero-order valence-corrected chi connectivity index (χ0v) is 7.68. The van der Waals surface area contributed by atoms with Crippen LogP contribution in [0.15, 0.2) is 21.7 Å². The molecule has 0 spiro atoms. The van der Waals surface area contributed by atoms with E-state index >= 15 is 0 Å². The van der Waals surface area contributed by atoms with E-state index in [1.807, 2.05) is 11.3 Å². The fraction of sp³-hybridized carbons (Fsp3) is 0.429. The van der Waals surface area contributed by atoms with Gasteiger partial charge in [-0.25, -0.2) is 10.0 Å². The molecule has 9 heavy (non-hydrogen) atoms. The van der Waals surface area contributed by atoms with E-state index in [1.54, 1.807) is 4.21 Å². The van der Waals surface area contributed by atoms with E-state index in [0.29, 0.717) is 0 Å². The molecule has 2 heteroatoms. The Labute approximate surface area is 62.2 Å². The first-order chi connectivity index (χ1) is 4.11. The average Bonchev–Trinajstić information content (AvgIpc) is 2.08. The quantitative estimate of drug-likeness (QED) is 0.592. The van der Waals surface area contributed by atoms with E-state index in [-0.39, 0.29) is 0 Å². The Bertz CT molecular complexity index is 169. The van der Waals surface area contributed by atoms with E-state index in [0.717, 1.165) is 0 Å². The second kappa shape index (κ2) is 2.35. The van der Waals surface area contributed by atoms with Gasteiger partial charge < -0.3 is 0 Å². The molecule has 1 aromatic rings. The first kappa shape index (κ1) is 7.16. The molecule has 0 saturated heterocycles. The van der Waals surface area contributed by atoms with Gasteiger partial charge in [-0.05, 0) is 30.2 Å². The predicted octanol–water partition coefficient (Wildman–Crippen LogP) is 2.80. The monoisotopic (exact) mass is 160 g/mol. The second-order valence-corrected chi connectivity index (χ2v) is 8.09. The van der Waals surface area contributed by atoms with Crippen molar-refractivity contribution in [2.24, 2.45) is 0 Å². The van der Waals surface area contributed by atoms with Gasteiger partial charge in [0.25, 0.3) is 0 Å². The Balaban J connectivity index is 2.90. The van der Waals surface area contributed by atoms with Gasteiger partial charge >= 0.3 is 0 Å². The molecule has 0 unspecified atom stereocenters. The van der Waals surface area contributed by atoms with Crippen molar-refractivity contribution in [3.8, 4) is 0 Å². The van der Waals surface area contributed by atoms with Crippen molar-refractivity contribution in [2.45, 2.75) is 4.21 Å². The largest absolute Gasteiger partial charge is 0.214 e.